The predicted octanol–water partition coefficient (Wildman–Crippen LogP) is -1.34. The van der Waals surface area contributed by atoms with Gasteiger partial charge in [0.1, 0.15) is 0 Å². The van der Waals surface area contributed by atoms with E-state index in [1.165, 1.54) is 0 Å². The third-order valence-electron chi connectivity index (χ3n) is 0. The molecular weight excluding hydrogens is 337 g/mol. The zero-order valence-electron chi connectivity index (χ0n) is 4.90. The molecule has 0 rings (SSSR count). The molecule has 0 saturated carbocycles. The van der Waals surface area contributed by atoms with Gasteiger partial charge in [0, 0.05) is 17.0 Å². The molecule has 0 amide bonds. The second-order valence-electron chi connectivity index (χ2n) is 0.724. The average molecular weight is 343 g/mol. The van der Waals surface area contributed by atoms with Crippen molar-refractivity contribution in [2.45, 2.75) is 6.92 Å². The van der Waals surface area contributed by atoms with Gasteiger partial charge in [-0.15, -0.1) is 0 Å². The van der Waals surface area contributed by atoms with Crippen molar-refractivity contribution in [2.24, 2.45) is 0 Å². The first kappa shape index (κ1) is 16.4. The van der Waals surface area contributed by atoms with Gasteiger partial charge in [-0.2, -0.15) is 0 Å². The smallest absolute Gasteiger partial charge is 0.759 e. The summed E-state index contributed by atoms with van der Waals surface area (Å²) in [7, 11) is -5.17. The van der Waals surface area contributed by atoms with Gasteiger partial charge in [-0.05, 0) is 6.92 Å². The van der Waals surface area contributed by atoms with Crippen LogP contribution in [0.1, 0.15) is 6.92 Å². The van der Waals surface area contributed by atoms with Crippen molar-refractivity contribution in [3.63, 3.8) is 0 Å². The summed E-state index contributed by atoms with van der Waals surface area (Å²) < 4.78 is 34.1. The first-order valence-corrected chi connectivity index (χ1v) is 3.02. The fraction of sp³-hybridized carbons (Fsp3) is 1.00. The molecule has 0 aromatic rings. The average Bonchev–Trinajstić information content (AvgIpc) is 1.27. The molecule has 1 N–H and O–H groups in total. The summed E-state index contributed by atoms with van der Waals surface area (Å²) in [6.45, 7) is 1.93. The molecule has 0 unspecified atom stereocenters. The van der Waals surface area contributed by atoms with Crippen LogP contribution in [0.5, 0.6) is 0 Å². The molecule has 0 atom stereocenters. The van der Waals surface area contributed by atoms with E-state index in [9.17, 15) is 0 Å². The van der Waals surface area contributed by atoms with Gasteiger partial charge in [-0.25, -0.2) is 0 Å². The van der Waals surface area contributed by atoms with Crippen LogP contribution in [0.15, 0.2) is 0 Å². The Hall–Kier alpha value is 0.765. The van der Waals surface area contributed by atoms with Gasteiger partial charge in [0.25, 0.3) is 0 Å². The number of aliphatic hydroxyl groups excluding tert-OH is 1. The van der Waals surface area contributed by atoms with Crippen LogP contribution in [0.4, 0.5) is 0 Å². The summed E-state index contributed by atoms with van der Waals surface area (Å²) in [5.74, 6) is 0. The van der Waals surface area contributed by atoms with Crippen molar-refractivity contribution >= 4 is 10.4 Å². The number of hydrogen-bond donors (Lipinski definition) is 1. The van der Waals surface area contributed by atoms with Crippen molar-refractivity contribution < 1.29 is 50.3 Å². The molecule has 0 aliphatic heterocycles. The Balaban J connectivity index is -0.0000000800. The van der Waals surface area contributed by atoms with Gasteiger partial charge in [-0.3, -0.25) is 8.42 Å². The van der Waals surface area contributed by atoms with Crippen LogP contribution in [-0.4, -0.2) is 29.2 Å². The maximum atomic E-state index is 8.52. The van der Waals surface area contributed by atoms with Crippen LogP contribution in [0.3, 0.4) is 0 Å². The largest absolute Gasteiger partial charge is 2.00 e. The van der Waals surface area contributed by atoms with Gasteiger partial charge >= 0.3 is 27.7 Å². The molecule has 7 heteroatoms. The molecule has 0 spiro atoms. The van der Waals surface area contributed by atoms with Crippen LogP contribution in [0, 0.1) is 0 Å². The third kappa shape index (κ3) is 685. The second-order valence-corrected chi connectivity index (χ2v) is 1.54. The standard InChI is InChI=1S/C2H6O.Hg.H2O4S/c1-2-3;;1-5(2,3)4/h3H,2H2,1H3;;(H2,1,2,3,4)/q;+2;/p-2. The van der Waals surface area contributed by atoms with E-state index in [1.807, 2.05) is 0 Å². The molecule has 0 aliphatic rings. The van der Waals surface area contributed by atoms with Gasteiger partial charge < -0.3 is 14.2 Å². The van der Waals surface area contributed by atoms with E-state index in [0.717, 1.165) is 0 Å². The van der Waals surface area contributed by atoms with Crippen LogP contribution in [0.25, 0.3) is 0 Å². The Morgan fingerprint density at radius 3 is 1.44 bits per heavy atom. The summed E-state index contributed by atoms with van der Waals surface area (Å²) in [6, 6.07) is 0. The Bertz CT molecular complexity index is 109. The number of hydrogen-bond acceptors (Lipinski definition) is 5. The molecule has 0 bridgehead atoms. The van der Waals surface area contributed by atoms with Gasteiger partial charge in [0.15, 0.2) is 0 Å². The quantitative estimate of drug-likeness (QED) is 0.333. The first-order chi connectivity index (χ1) is 3.41. The summed E-state index contributed by atoms with van der Waals surface area (Å²) in [5.41, 5.74) is 0. The van der Waals surface area contributed by atoms with Gasteiger partial charge in [-0.1, -0.05) is 0 Å². The van der Waals surface area contributed by atoms with Crippen LogP contribution < -0.4 is 0 Å². The molecule has 52 valence electrons. The summed E-state index contributed by atoms with van der Waals surface area (Å²) in [5, 5.41) is 7.57. The molecule has 0 saturated heterocycles. The van der Waals surface area contributed by atoms with E-state index in [4.69, 9.17) is 22.6 Å². The van der Waals surface area contributed by atoms with E-state index in [-0.39, 0.29) is 34.3 Å². The molecule has 0 fully saturated rings. The van der Waals surface area contributed by atoms with E-state index in [1.54, 1.807) is 6.92 Å². The van der Waals surface area contributed by atoms with E-state index in [2.05, 4.69) is 0 Å². The van der Waals surface area contributed by atoms with Crippen molar-refractivity contribution in [3.05, 3.63) is 0 Å². The topological polar surface area (TPSA) is 100 Å². The monoisotopic (exact) mass is 344 g/mol. The van der Waals surface area contributed by atoms with Crippen LogP contribution in [0.2, 0.25) is 0 Å². The zero-order chi connectivity index (χ0) is 7.21. The van der Waals surface area contributed by atoms with E-state index >= 15 is 0 Å². The normalized spacial score (nSPS) is 8.44. The van der Waals surface area contributed by atoms with Crippen molar-refractivity contribution in [2.75, 3.05) is 6.61 Å². The van der Waals surface area contributed by atoms with Gasteiger partial charge in [0.05, 0.1) is 0 Å². The molecule has 0 aromatic heterocycles. The Kier molecular flexibility index (Phi) is 16.0. The van der Waals surface area contributed by atoms with Crippen molar-refractivity contribution in [3.8, 4) is 0 Å². The fourth-order valence-corrected chi connectivity index (χ4v) is 0. The van der Waals surface area contributed by atoms with Crippen LogP contribution >= 0.6 is 0 Å². The molecule has 5 nitrogen and oxygen atoms in total. The van der Waals surface area contributed by atoms with Gasteiger partial charge in [0.2, 0.25) is 0 Å². The zero-order valence-corrected chi connectivity index (χ0v) is 11.2. The van der Waals surface area contributed by atoms with E-state index < -0.39 is 10.4 Å². The number of rotatable bonds is 0. The maximum absolute atomic E-state index is 8.52. The van der Waals surface area contributed by atoms with Crippen molar-refractivity contribution in [1.29, 1.82) is 0 Å². The number of aliphatic hydroxyl groups is 1. The fourth-order valence-electron chi connectivity index (χ4n) is 0. The van der Waals surface area contributed by atoms with Crippen LogP contribution in [-0.2, 0) is 38.1 Å². The molecule has 0 radical (unpaired) electrons. The summed E-state index contributed by atoms with van der Waals surface area (Å²) >= 11 is 0. The second kappa shape index (κ2) is 8.77. The molecule has 0 aromatic carbocycles. The molecule has 0 heterocycles. The maximum Gasteiger partial charge on any atom is 2.00 e. The minimum Gasteiger partial charge on any atom is -0.759 e. The predicted molar refractivity (Wildman–Crippen MR) is 23.2 cm³/mol. The Labute approximate surface area is 74.2 Å². The molecular formula is C2H6HgO5S. The summed E-state index contributed by atoms with van der Waals surface area (Å²) in [4.78, 5) is 0. The Morgan fingerprint density at radius 1 is 1.44 bits per heavy atom. The van der Waals surface area contributed by atoms with E-state index in [0.29, 0.717) is 0 Å². The Morgan fingerprint density at radius 2 is 1.44 bits per heavy atom. The minimum absolute atomic E-state index is 0. The SMILES string of the molecule is CCO.O=S(=O)([O-])[O-].[Hg+2]. The molecule has 0 aliphatic carbocycles. The summed E-state index contributed by atoms with van der Waals surface area (Å²) in [6.07, 6.45) is 0. The minimum atomic E-state index is -5.17. The first-order valence-electron chi connectivity index (χ1n) is 1.69. The van der Waals surface area contributed by atoms with Crippen molar-refractivity contribution in [1.82, 2.24) is 0 Å². The third-order valence-corrected chi connectivity index (χ3v) is 0. The molecule has 9 heavy (non-hydrogen) atoms.